The van der Waals surface area contributed by atoms with E-state index in [0.29, 0.717) is 42.9 Å². The van der Waals surface area contributed by atoms with E-state index in [4.69, 9.17) is 16.3 Å². The number of fused-ring (bicyclic) bond motifs is 3. The Morgan fingerprint density at radius 1 is 1.23 bits per heavy atom. The third-order valence-electron chi connectivity index (χ3n) is 6.32. The van der Waals surface area contributed by atoms with Crippen LogP contribution in [0.4, 0.5) is 11.5 Å². The van der Waals surface area contributed by atoms with Crippen LogP contribution in [0.1, 0.15) is 30.0 Å². The Morgan fingerprint density at radius 3 is 2.92 bits per heavy atom. The Hall–Kier alpha value is -3.53. The van der Waals surface area contributed by atoms with Crippen molar-refractivity contribution in [3.63, 3.8) is 0 Å². The van der Waals surface area contributed by atoms with Gasteiger partial charge in [-0.15, -0.1) is 11.3 Å². The molecule has 4 aromatic rings. The number of ether oxygens (including phenoxy) is 1. The molecule has 0 aliphatic carbocycles. The van der Waals surface area contributed by atoms with Gasteiger partial charge in [0.2, 0.25) is 5.91 Å². The molecule has 39 heavy (non-hydrogen) atoms. The first-order valence-corrected chi connectivity index (χ1v) is 14.2. The molecular formula is C29H31ClN6O2S. The van der Waals surface area contributed by atoms with E-state index >= 15 is 0 Å². The summed E-state index contributed by atoms with van der Waals surface area (Å²) in [6.07, 6.45) is 7.63. The summed E-state index contributed by atoms with van der Waals surface area (Å²) in [7, 11) is 0. The number of carbonyl (C=O) groups is 1. The van der Waals surface area contributed by atoms with Crippen LogP contribution in [0.5, 0.6) is 5.75 Å². The van der Waals surface area contributed by atoms with E-state index in [1.54, 1.807) is 29.9 Å². The van der Waals surface area contributed by atoms with Crippen molar-refractivity contribution in [2.24, 2.45) is 5.92 Å². The minimum absolute atomic E-state index is 0.0360. The van der Waals surface area contributed by atoms with Gasteiger partial charge >= 0.3 is 0 Å². The van der Waals surface area contributed by atoms with Crippen molar-refractivity contribution in [2.75, 3.05) is 25.0 Å². The highest BCUT2D eigenvalue weighted by Gasteiger charge is 2.25. The zero-order valence-corrected chi connectivity index (χ0v) is 23.6. The predicted molar refractivity (Wildman–Crippen MR) is 157 cm³/mol. The molecule has 8 nitrogen and oxygen atoms in total. The van der Waals surface area contributed by atoms with Crippen LogP contribution in [-0.4, -0.2) is 45.4 Å². The lowest BCUT2D eigenvalue weighted by atomic mass is 10.0. The summed E-state index contributed by atoms with van der Waals surface area (Å²) in [4.78, 5) is 30.0. The third-order valence-corrected chi connectivity index (χ3v) is 7.74. The van der Waals surface area contributed by atoms with Crippen molar-refractivity contribution in [1.82, 2.24) is 25.2 Å². The van der Waals surface area contributed by atoms with E-state index in [9.17, 15) is 4.79 Å². The summed E-state index contributed by atoms with van der Waals surface area (Å²) in [5.74, 6) is 1.93. The molecule has 0 saturated heterocycles. The van der Waals surface area contributed by atoms with Gasteiger partial charge in [0.05, 0.1) is 22.6 Å². The van der Waals surface area contributed by atoms with Crippen molar-refractivity contribution in [3.8, 4) is 5.75 Å². The number of nitrogens with zero attached hydrogens (tertiary/aromatic N) is 4. The van der Waals surface area contributed by atoms with Gasteiger partial charge in [-0.2, -0.15) is 0 Å². The average Bonchev–Trinajstić information content (AvgIpc) is 3.31. The normalized spacial score (nSPS) is 13.3. The molecule has 0 atom stereocenters. The molecular weight excluding hydrogens is 532 g/mol. The van der Waals surface area contributed by atoms with Crippen LogP contribution in [0.2, 0.25) is 5.02 Å². The van der Waals surface area contributed by atoms with Gasteiger partial charge < -0.3 is 20.3 Å². The van der Waals surface area contributed by atoms with Gasteiger partial charge in [-0.1, -0.05) is 37.6 Å². The molecule has 5 rings (SSSR count). The van der Waals surface area contributed by atoms with Crippen molar-refractivity contribution in [2.45, 2.75) is 33.4 Å². The molecule has 1 aliphatic rings. The quantitative estimate of drug-likeness (QED) is 0.188. The number of hydrogen-bond acceptors (Lipinski definition) is 8. The third kappa shape index (κ3) is 6.73. The maximum Gasteiger partial charge on any atom is 0.246 e. The summed E-state index contributed by atoms with van der Waals surface area (Å²) >= 11 is 8.14. The molecule has 10 heteroatoms. The van der Waals surface area contributed by atoms with Crippen LogP contribution >= 0.6 is 22.9 Å². The SMILES string of the molecule is CC(C)CNC/C=C/C(=O)N1CCc2c(sc3ncnc(Nc4ccc(OCc5ccccn5)c(Cl)c4)c23)C1. The van der Waals surface area contributed by atoms with Crippen LogP contribution in [0, 0.1) is 5.92 Å². The van der Waals surface area contributed by atoms with Gasteiger partial charge in [0.15, 0.2) is 0 Å². The van der Waals surface area contributed by atoms with Crippen molar-refractivity contribution < 1.29 is 9.53 Å². The standard InChI is InChI=1S/C29H31ClN6O2S/c1-19(2)15-31-11-5-7-26(37)36-13-10-22-25(16-36)39-29-27(22)28(33-18-34-29)35-20-8-9-24(23(30)14-20)38-17-21-6-3-4-12-32-21/h3-9,12,14,18-19,31H,10-11,13,15-17H2,1-2H3,(H,33,34,35)/b7-5+. The van der Waals surface area contributed by atoms with Gasteiger partial charge in [-0.25, -0.2) is 9.97 Å². The Balaban J connectivity index is 1.26. The van der Waals surface area contributed by atoms with E-state index in [2.05, 4.69) is 39.4 Å². The summed E-state index contributed by atoms with van der Waals surface area (Å²) < 4.78 is 5.85. The summed E-state index contributed by atoms with van der Waals surface area (Å²) in [6.45, 7) is 7.52. The minimum Gasteiger partial charge on any atom is -0.486 e. The van der Waals surface area contributed by atoms with Crippen LogP contribution in [0.25, 0.3) is 10.2 Å². The largest absolute Gasteiger partial charge is 0.486 e. The maximum atomic E-state index is 12.8. The Kier molecular flexibility index (Phi) is 8.71. The van der Waals surface area contributed by atoms with Gasteiger partial charge in [-0.05, 0) is 54.8 Å². The van der Waals surface area contributed by atoms with Crippen molar-refractivity contribution >= 4 is 50.6 Å². The Morgan fingerprint density at radius 2 is 2.13 bits per heavy atom. The molecule has 0 radical (unpaired) electrons. The fourth-order valence-corrected chi connectivity index (χ4v) is 5.84. The highest BCUT2D eigenvalue weighted by Crippen LogP contribution is 2.38. The Bertz CT molecular complexity index is 1470. The number of thiophene rings is 1. The first-order valence-electron chi connectivity index (χ1n) is 13.0. The highest BCUT2D eigenvalue weighted by molar-refractivity contribution is 7.19. The number of pyridine rings is 1. The monoisotopic (exact) mass is 562 g/mol. The first kappa shape index (κ1) is 27.1. The van der Waals surface area contributed by atoms with E-state index in [-0.39, 0.29) is 5.91 Å². The molecule has 1 amide bonds. The maximum absolute atomic E-state index is 12.8. The topological polar surface area (TPSA) is 92.3 Å². The number of hydrogen-bond donors (Lipinski definition) is 2. The molecule has 0 saturated carbocycles. The van der Waals surface area contributed by atoms with Crippen LogP contribution < -0.4 is 15.4 Å². The average molecular weight is 563 g/mol. The molecule has 1 aromatic carbocycles. The van der Waals surface area contributed by atoms with Crippen LogP contribution in [-0.2, 0) is 24.4 Å². The number of carbonyl (C=O) groups excluding carboxylic acids is 1. The van der Waals surface area contributed by atoms with E-state index < -0.39 is 0 Å². The lowest BCUT2D eigenvalue weighted by Gasteiger charge is -2.26. The zero-order valence-electron chi connectivity index (χ0n) is 22.0. The predicted octanol–water partition coefficient (Wildman–Crippen LogP) is 5.75. The molecule has 202 valence electrons. The van der Waals surface area contributed by atoms with Crippen molar-refractivity contribution in [3.05, 3.63) is 82.2 Å². The van der Waals surface area contributed by atoms with Crippen LogP contribution in [0.3, 0.4) is 0 Å². The zero-order chi connectivity index (χ0) is 27.2. The molecule has 4 heterocycles. The fraction of sp³-hybridized carbons (Fsp3) is 0.310. The molecule has 3 aromatic heterocycles. The highest BCUT2D eigenvalue weighted by atomic mass is 35.5. The minimum atomic E-state index is 0.0360. The van der Waals surface area contributed by atoms with Gasteiger partial charge in [0, 0.05) is 35.9 Å². The van der Waals surface area contributed by atoms with Crippen molar-refractivity contribution in [1.29, 1.82) is 0 Å². The molecule has 0 unspecified atom stereocenters. The van der Waals surface area contributed by atoms with E-state index in [0.717, 1.165) is 45.3 Å². The molecule has 0 fully saturated rings. The molecule has 2 N–H and O–H groups in total. The number of benzene rings is 1. The number of nitrogens with one attached hydrogen (secondary N) is 2. The van der Waals surface area contributed by atoms with E-state index in [1.165, 1.54) is 5.56 Å². The van der Waals surface area contributed by atoms with Gasteiger partial charge in [0.25, 0.3) is 0 Å². The molecule has 0 spiro atoms. The lowest BCUT2D eigenvalue weighted by Crippen LogP contribution is -2.34. The smallest absolute Gasteiger partial charge is 0.246 e. The number of anilines is 2. The second-order valence-corrected chi connectivity index (χ2v) is 11.2. The second-order valence-electron chi connectivity index (χ2n) is 9.75. The number of amides is 1. The van der Waals surface area contributed by atoms with E-state index in [1.807, 2.05) is 47.4 Å². The Labute approximate surface area is 237 Å². The number of rotatable bonds is 10. The summed E-state index contributed by atoms with van der Waals surface area (Å²) in [5.41, 5.74) is 2.83. The fourth-order valence-electron chi connectivity index (χ4n) is 4.40. The number of halogens is 1. The molecule has 0 bridgehead atoms. The first-order chi connectivity index (χ1) is 19.0. The second kappa shape index (κ2) is 12.5. The lowest BCUT2D eigenvalue weighted by molar-refractivity contribution is -0.126. The summed E-state index contributed by atoms with van der Waals surface area (Å²) in [6, 6.07) is 11.3. The summed E-state index contributed by atoms with van der Waals surface area (Å²) in [5, 5.41) is 8.24. The number of aromatic nitrogens is 3. The van der Waals surface area contributed by atoms with Gasteiger partial charge in [0.1, 0.15) is 29.3 Å². The van der Waals surface area contributed by atoms with Gasteiger partial charge in [-0.3, -0.25) is 9.78 Å². The molecule has 1 aliphatic heterocycles. The van der Waals surface area contributed by atoms with Crippen LogP contribution in [0.15, 0.2) is 61.1 Å².